The van der Waals surface area contributed by atoms with Crippen molar-refractivity contribution in [3.63, 3.8) is 0 Å². The Hall–Kier alpha value is -1.15. The van der Waals surface area contributed by atoms with E-state index in [0.29, 0.717) is 18.0 Å². The predicted molar refractivity (Wildman–Crippen MR) is 97.1 cm³/mol. The fourth-order valence-electron chi connectivity index (χ4n) is 3.21. The molecule has 0 atom stereocenters. The zero-order valence-electron chi connectivity index (χ0n) is 15.1. The van der Waals surface area contributed by atoms with Crippen molar-refractivity contribution in [1.29, 1.82) is 0 Å². The lowest BCUT2D eigenvalue weighted by atomic mass is 9.80. The summed E-state index contributed by atoms with van der Waals surface area (Å²) in [6, 6.07) is 5.23. The summed E-state index contributed by atoms with van der Waals surface area (Å²) in [5.41, 5.74) is 1.82. The lowest BCUT2D eigenvalue weighted by molar-refractivity contribution is 0.0577. The number of aryl methyl sites for hydroxylation is 1. The van der Waals surface area contributed by atoms with Crippen LogP contribution in [0.2, 0.25) is 0 Å². The van der Waals surface area contributed by atoms with Gasteiger partial charge in [-0.15, -0.1) is 0 Å². The van der Waals surface area contributed by atoms with Crippen LogP contribution in [0.3, 0.4) is 0 Å². The number of nitrogens with zero attached hydrogens (tertiary/aromatic N) is 1. The average Bonchev–Trinajstić information content (AvgIpc) is 2.54. The van der Waals surface area contributed by atoms with Crippen LogP contribution in [-0.4, -0.2) is 55.9 Å². The summed E-state index contributed by atoms with van der Waals surface area (Å²) in [5.74, 6) is 0. The molecular formula is C17H29N3O3S. The van der Waals surface area contributed by atoms with Gasteiger partial charge in [-0.05, 0) is 50.6 Å². The molecular weight excluding hydrogens is 326 g/mol. The molecule has 2 N–H and O–H groups in total. The van der Waals surface area contributed by atoms with Gasteiger partial charge in [-0.2, -0.15) is 0 Å². The number of hydrogen-bond donors (Lipinski definition) is 2. The van der Waals surface area contributed by atoms with E-state index in [1.54, 1.807) is 19.2 Å². The first-order chi connectivity index (χ1) is 11.3. The Labute approximate surface area is 145 Å². The van der Waals surface area contributed by atoms with Crippen LogP contribution in [0.15, 0.2) is 23.1 Å². The van der Waals surface area contributed by atoms with Crippen LogP contribution >= 0.6 is 0 Å². The van der Waals surface area contributed by atoms with E-state index in [4.69, 9.17) is 4.74 Å². The maximum absolute atomic E-state index is 12.7. The van der Waals surface area contributed by atoms with Crippen LogP contribution in [0.4, 0.5) is 5.69 Å². The quantitative estimate of drug-likeness (QED) is 0.773. The third-order valence-corrected chi connectivity index (χ3v) is 6.12. The zero-order valence-corrected chi connectivity index (χ0v) is 15.9. The number of benzene rings is 1. The Bertz CT molecular complexity index is 648. The van der Waals surface area contributed by atoms with E-state index in [2.05, 4.69) is 10.0 Å². The molecule has 24 heavy (non-hydrogen) atoms. The minimum atomic E-state index is -3.54. The number of anilines is 1. The topological polar surface area (TPSA) is 70.7 Å². The van der Waals surface area contributed by atoms with Crippen LogP contribution in [-0.2, 0) is 14.8 Å². The molecule has 136 valence electrons. The Balaban J connectivity index is 2.17. The van der Waals surface area contributed by atoms with Crippen LogP contribution in [0.1, 0.15) is 18.4 Å². The van der Waals surface area contributed by atoms with Crippen molar-refractivity contribution in [2.24, 2.45) is 5.41 Å². The number of hydrogen-bond acceptors (Lipinski definition) is 5. The van der Waals surface area contributed by atoms with Crippen molar-refractivity contribution in [2.75, 3.05) is 52.3 Å². The van der Waals surface area contributed by atoms with Gasteiger partial charge in [0.25, 0.3) is 0 Å². The minimum absolute atomic E-state index is 0.137. The van der Waals surface area contributed by atoms with Crippen molar-refractivity contribution < 1.29 is 13.2 Å². The summed E-state index contributed by atoms with van der Waals surface area (Å²) >= 11 is 0. The smallest absolute Gasteiger partial charge is 0.240 e. The second kappa shape index (κ2) is 7.82. The maximum Gasteiger partial charge on any atom is 0.240 e. The summed E-state index contributed by atoms with van der Waals surface area (Å²) in [6.45, 7) is 4.71. The molecule has 1 saturated heterocycles. The standard InChI is InChI=1S/C17H29N3O3S/c1-14-5-6-15(11-16(14)20(2)3)24(21,22)19-12-17(13-23-4)7-9-18-10-8-17/h5-6,11,18-19H,7-10,12-13H2,1-4H3. The van der Waals surface area contributed by atoms with Gasteiger partial charge in [-0.1, -0.05) is 6.07 Å². The summed E-state index contributed by atoms with van der Waals surface area (Å²) < 4.78 is 33.6. The van der Waals surface area contributed by atoms with E-state index >= 15 is 0 Å². The Morgan fingerprint density at radius 1 is 1.29 bits per heavy atom. The van der Waals surface area contributed by atoms with E-state index in [9.17, 15) is 8.42 Å². The Kier molecular flexibility index (Phi) is 6.25. The highest BCUT2D eigenvalue weighted by Crippen LogP contribution is 2.29. The highest BCUT2D eigenvalue weighted by atomic mass is 32.2. The van der Waals surface area contributed by atoms with E-state index in [1.165, 1.54) is 0 Å². The summed E-state index contributed by atoms with van der Waals surface area (Å²) in [4.78, 5) is 2.23. The first kappa shape index (κ1) is 19.2. The molecule has 0 saturated carbocycles. The maximum atomic E-state index is 12.7. The number of piperidine rings is 1. The first-order valence-electron chi connectivity index (χ1n) is 8.27. The van der Waals surface area contributed by atoms with Gasteiger partial charge in [0.1, 0.15) is 0 Å². The van der Waals surface area contributed by atoms with Gasteiger partial charge in [0.15, 0.2) is 0 Å². The van der Waals surface area contributed by atoms with E-state index in [0.717, 1.165) is 37.2 Å². The molecule has 1 aromatic rings. The molecule has 0 amide bonds. The van der Waals surface area contributed by atoms with E-state index < -0.39 is 10.0 Å². The van der Waals surface area contributed by atoms with Crippen molar-refractivity contribution in [3.8, 4) is 0 Å². The lowest BCUT2D eigenvalue weighted by Gasteiger charge is -2.37. The van der Waals surface area contributed by atoms with Crippen molar-refractivity contribution in [3.05, 3.63) is 23.8 Å². The monoisotopic (exact) mass is 355 g/mol. The van der Waals surface area contributed by atoms with Crippen LogP contribution < -0.4 is 14.9 Å². The average molecular weight is 356 g/mol. The van der Waals surface area contributed by atoms with Gasteiger partial charge in [0.05, 0.1) is 11.5 Å². The van der Waals surface area contributed by atoms with Gasteiger partial charge in [0.2, 0.25) is 10.0 Å². The molecule has 0 aliphatic carbocycles. The fraction of sp³-hybridized carbons (Fsp3) is 0.647. The fourth-order valence-corrected chi connectivity index (χ4v) is 4.38. The van der Waals surface area contributed by atoms with E-state index in [1.807, 2.05) is 32.0 Å². The number of rotatable bonds is 7. The Morgan fingerprint density at radius 3 is 2.54 bits per heavy atom. The molecule has 7 heteroatoms. The third kappa shape index (κ3) is 4.47. The summed E-state index contributed by atoms with van der Waals surface area (Å²) in [5, 5.41) is 3.31. The predicted octanol–water partition coefficient (Wildman–Crippen LogP) is 1.36. The molecule has 0 bridgehead atoms. The molecule has 0 spiro atoms. The Morgan fingerprint density at radius 2 is 1.96 bits per heavy atom. The zero-order chi connectivity index (χ0) is 17.8. The molecule has 0 aromatic heterocycles. The van der Waals surface area contributed by atoms with Gasteiger partial charge in [-0.25, -0.2) is 13.1 Å². The van der Waals surface area contributed by atoms with Crippen molar-refractivity contribution in [2.45, 2.75) is 24.7 Å². The largest absolute Gasteiger partial charge is 0.384 e. The van der Waals surface area contributed by atoms with Crippen LogP contribution in [0.25, 0.3) is 0 Å². The van der Waals surface area contributed by atoms with Crippen molar-refractivity contribution in [1.82, 2.24) is 10.0 Å². The number of sulfonamides is 1. The normalized spacial score (nSPS) is 17.7. The van der Waals surface area contributed by atoms with Crippen molar-refractivity contribution >= 4 is 15.7 Å². The second-order valence-corrected chi connectivity index (χ2v) is 8.62. The molecule has 2 rings (SSSR count). The van der Waals surface area contributed by atoms with Crippen LogP contribution in [0.5, 0.6) is 0 Å². The molecule has 0 unspecified atom stereocenters. The second-order valence-electron chi connectivity index (χ2n) is 6.85. The van der Waals surface area contributed by atoms with Gasteiger partial charge >= 0.3 is 0 Å². The molecule has 1 fully saturated rings. The molecule has 1 aromatic carbocycles. The van der Waals surface area contributed by atoms with Gasteiger partial charge in [0, 0.05) is 38.9 Å². The lowest BCUT2D eigenvalue weighted by Crippen LogP contribution is -2.47. The molecule has 6 nitrogen and oxygen atoms in total. The SMILES string of the molecule is COCC1(CNS(=O)(=O)c2ccc(C)c(N(C)C)c2)CCNCC1. The molecule has 1 aliphatic rings. The highest BCUT2D eigenvalue weighted by Gasteiger charge is 2.33. The van der Waals surface area contributed by atoms with Crippen LogP contribution in [0, 0.1) is 12.3 Å². The number of methoxy groups -OCH3 is 1. The molecule has 1 heterocycles. The summed E-state index contributed by atoms with van der Waals surface area (Å²) in [6.07, 6.45) is 1.81. The molecule has 0 radical (unpaired) electrons. The van der Waals surface area contributed by atoms with Gasteiger partial charge in [-0.3, -0.25) is 0 Å². The van der Waals surface area contributed by atoms with E-state index in [-0.39, 0.29) is 5.41 Å². The third-order valence-electron chi connectivity index (χ3n) is 4.72. The number of ether oxygens (including phenoxy) is 1. The highest BCUT2D eigenvalue weighted by molar-refractivity contribution is 7.89. The number of nitrogens with one attached hydrogen (secondary N) is 2. The minimum Gasteiger partial charge on any atom is -0.384 e. The van der Waals surface area contributed by atoms with Gasteiger partial charge < -0.3 is 15.0 Å². The summed E-state index contributed by atoms with van der Waals surface area (Å²) in [7, 11) is 1.95. The molecule has 1 aliphatic heterocycles. The first-order valence-corrected chi connectivity index (χ1v) is 9.75.